The number of sulfone groups is 1. The monoisotopic (exact) mass is 408 g/mol. The fourth-order valence-electron chi connectivity index (χ4n) is 2.87. The molecule has 0 bridgehead atoms. The van der Waals surface area contributed by atoms with Crippen molar-refractivity contribution < 1.29 is 22.7 Å². The molecule has 0 radical (unpaired) electrons. The molecule has 5 nitrogen and oxygen atoms in total. The predicted molar refractivity (Wildman–Crippen MR) is 110 cm³/mol. The van der Waals surface area contributed by atoms with E-state index in [1.54, 1.807) is 66.7 Å². The summed E-state index contributed by atoms with van der Waals surface area (Å²) in [7, 11) is -3.17. The SMILES string of the molecule is CS(=O)(=O)Cc1ccc(C(=O)OC(C(=O)c2ccccc2)c2ccccc2)cc1. The van der Waals surface area contributed by atoms with Gasteiger partial charge >= 0.3 is 5.97 Å². The second-order valence-corrected chi connectivity index (χ2v) is 8.83. The number of ketones is 1. The quantitative estimate of drug-likeness (QED) is 0.436. The zero-order chi connectivity index (χ0) is 20.9. The average molecular weight is 408 g/mol. The molecule has 3 rings (SSSR count). The molecule has 0 heterocycles. The van der Waals surface area contributed by atoms with Crippen LogP contribution in [0.25, 0.3) is 0 Å². The van der Waals surface area contributed by atoms with E-state index in [0.717, 1.165) is 6.26 Å². The van der Waals surface area contributed by atoms with Crippen molar-refractivity contribution in [3.8, 4) is 0 Å². The molecule has 29 heavy (non-hydrogen) atoms. The first-order chi connectivity index (χ1) is 13.8. The Morgan fingerprint density at radius 3 is 1.90 bits per heavy atom. The molecule has 0 aliphatic rings. The van der Waals surface area contributed by atoms with Crippen LogP contribution in [-0.2, 0) is 20.3 Å². The summed E-state index contributed by atoms with van der Waals surface area (Å²) >= 11 is 0. The smallest absolute Gasteiger partial charge is 0.339 e. The highest BCUT2D eigenvalue weighted by Crippen LogP contribution is 2.24. The van der Waals surface area contributed by atoms with Gasteiger partial charge in [0.1, 0.15) is 0 Å². The summed E-state index contributed by atoms with van der Waals surface area (Å²) in [6.07, 6.45) is 0.0660. The van der Waals surface area contributed by atoms with Gasteiger partial charge in [-0.25, -0.2) is 13.2 Å². The van der Waals surface area contributed by atoms with E-state index in [0.29, 0.717) is 16.7 Å². The molecule has 3 aromatic rings. The van der Waals surface area contributed by atoms with Crippen molar-refractivity contribution in [1.82, 2.24) is 0 Å². The lowest BCUT2D eigenvalue weighted by Gasteiger charge is -2.17. The van der Waals surface area contributed by atoms with Crippen LogP contribution in [0.2, 0.25) is 0 Å². The molecule has 1 atom stereocenters. The summed E-state index contributed by atoms with van der Waals surface area (Å²) in [6.45, 7) is 0. The Hall–Kier alpha value is -3.25. The minimum atomic E-state index is -3.17. The van der Waals surface area contributed by atoms with Crippen LogP contribution in [0.4, 0.5) is 0 Å². The van der Waals surface area contributed by atoms with Gasteiger partial charge in [-0.3, -0.25) is 4.79 Å². The van der Waals surface area contributed by atoms with Crippen molar-refractivity contribution in [2.45, 2.75) is 11.9 Å². The van der Waals surface area contributed by atoms with E-state index in [4.69, 9.17) is 4.74 Å². The highest BCUT2D eigenvalue weighted by atomic mass is 32.2. The molecule has 0 fully saturated rings. The first kappa shape index (κ1) is 20.5. The normalized spacial score (nSPS) is 12.2. The number of hydrogen-bond acceptors (Lipinski definition) is 5. The molecule has 0 spiro atoms. The Bertz CT molecular complexity index is 1090. The van der Waals surface area contributed by atoms with Crippen molar-refractivity contribution in [3.05, 3.63) is 107 Å². The zero-order valence-electron chi connectivity index (χ0n) is 15.8. The van der Waals surface area contributed by atoms with E-state index in [1.165, 1.54) is 12.1 Å². The van der Waals surface area contributed by atoms with E-state index in [2.05, 4.69) is 0 Å². The number of rotatable bonds is 7. The van der Waals surface area contributed by atoms with Gasteiger partial charge in [0.15, 0.2) is 15.9 Å². The first-order valence-corrected chi connectivity index (χ1v) is 11.0. The first-order valence-electron chi connectivity index (χ1n) is 8.95. The summed E-state index contributed by atoms with van der Waals surface area (Å²) < 4.78 is 28.4. The van der Waals surface area contributed by atoms with Crippen molar-refractivity contribution >= 4 is 21.6 Å². The fourth-order valence-corrected chi connectivity index (χ4v) is 3.67. The molecular weight excluding hydrogens is 388 g/mol. The van der Waals surface area contributed by atoms with E-state index in [9.17, 15) is 18.0 Å². The molecule has 0 saturated heterocycles. The molecule has 1 unspecified atom stereocenters. The van der Waals surface area contributed by atoms with Gasteiger partial charge in [0.2, 0.25) is 5.78 Å². The Morgan fingerprint density at radius 2 is 1.34 bits per heavy atom. The lowest BCUT2D eigenvalue weighted by atomic mass is 9.99. The molecule has 3 aromatic carbocycles. The standard InChI is InChI=1S/C23H20O5S/c1-29(26,27)16-17-12-14-20(15-13-17)23(25)28-22(19-10-6-3-7-11-19)21(24)18-8-4-2-5-9-18/h2-15,22H,16H2,1H3. The molecule has 0 aliphatic heterocycles. The molecule has 0 aliphatic carbocycles. The highest BCUT2D eigenvalue weighted by molar-refractivity contribution is 7.89. The van der Waals surface area contributed by atoms with Gasteiger partial charge in [-0.15, -0.1) is 0 Å². The Balaban J connectivity index is 1.84. The molecular formula is C23H20O5S. The molecule has 148 valence electrons. The average Bonchev–Trinajstić information content (AvgIpc) is 2.72. The molecule has 0 saturated carbocycles. The van der Waals surface area contributed by atoms with Crippen LogP contribution in [-0.4, -0.2) is 26.4 Å². The van der Waals surface area contributed by atoms with Crippen LogP contribution in [0, 0.1) is 0 Å². The lowest BCUT2D eigenvalue weighted by Crippen LogP contribution is -2.20. The minimum Gasteiger partial charge on any atom is -0.445 e. The maximum Gasteiger partial charge on any atom is 0.339 e. The van der Waals surface area contributed by atoms with Crippen molar-refractivity contribution in [2.24, 2.45) is 0 Å². The number of ether oxygens (including phenoxy) is 1. The second-order valence-electron chi connectivity index (χ2n) is 6.69. The molecule has 0 aromatic heterocycles. The van der Waals surface area contributed by atoms with Gasteiger partial charge in [-0.1, -0.05) is 72.8 Å². The van der Waals surface area contributed by atoms with Gasteiger partial charge in [0.05, 0.1) is 11.3 Å². The van der Waals surface area contributed by atoms with Gasteiger partial charge in [0.25, 0.3) is 0 Å². The van der Waals surface area contributed by atoms with Gasteiger partial charge in [0, 0.05) is 17.4 Å². The summed E-state index contributed by atoms with van der Waals surface area (Å²) in [5.74, 6) is -1.09. The van der Waals surface area contributed by atoms with Gasteiger partial charge < -0.3 is 4.74 Å². The number of carbonyl (C=O) groups excluding carboxylic acids is 2. The number of hydrogen-bond donors (Lipinski definition) is 0. The maximum atomic E-state index is 13.0. The summed E-state index contributed by atoms with van der Waals surface area (Å²) in [4.78, 5) is 25.6. The fraction of sp³-hybridized carbons (Fsp3) is 0.130. The molecule has 6 heteroatoms. The predicted octanol–water partition coefficient (Wildman–Crippen LogP) is 4.01. The van der Waals surface area contributed by atoms with Crippen LogP contribution in [0.5, 0.6) is 0 Å². The highest BCUT2D eigenvalue weighted by Gasteiger charge is 2.26. The second kappa shape index (κ2) is 8.84. The third-order valence-electron chi connectivity index (χ3n) is 4.24. The van der Waals surface area contributed by atoms with Gasteiger partial charge in [-0.2, -0.15) is 0 Å². The van der Waals surface area contributed by atoms with Crippen molar-refractivity contribution in [1.29, 1.82) is 0 Å². The summed E-state index contributed by atoms with van der Waals surface area (Å²) in [5, 5.41) is 0. The Morgan fingerprint density at radius 1 is 0.793 bits per heavy atom. The van der Waals surface area contributed by atoms with Crippen LogP contribution in [0.3, 0.4) is 0 Å². The van der Waals surface area contributed by atoms with E-state index in [-0.39, 0.29) is 17.1 Å². The number of esters is 1. The van der Waals surface area contributed by atoms with Crippen LogP contribution in [0.1, 0.15) is 37.9 Å². The number of Topliss-reactive ketones (excluding diaryl/α,β-unsaturated/α-hetero) is 1. The number of carbonyl (C=O) groups is 2. The number of benzene rings is 3. The van der Waals surface area contributed by atoms with E-state index < -0.39 is 21.9 Å². The lowest BCUT2D eigenvalue weighted by molar-refractivity contribution is 0.0280. The van der Waals surface area contributed by atoms with E-state index >= 15 is 0 Å². The van der Waals surface area contributed by atoms with Crippen molar-refractivity contribution in [3.63, 3.8) is 0 Å². The van der Waals surface area contributed by atoms with Crippen LogP contribution < -0.4 is 0 Å². The van der Waals surface area contributed by atoms with Crippen molar-refractivity contribution in [2.75, 3.05) is 6.26 Å². The Kier molecular flexibility index (Phi) is 6.24. The van der Waals surface area contributed by atoms with Crippen LogP contribution >= 0.6 is 0 Å². The third kappa shape index (κ3) is 5.62. The third-order valence-corrected chi connectivity index (χ3v) is 5.10. The largest absolute Gasteiger partial charge is 0.445 e. The molecule has 0 N–H and O–H groups in total. The molecule has 0 amide bonds. The summed E-state index contributed by atoms with van der Waals surface area (Å²) in [5.41, 5.74) is 1.83. The Labute approximate surface area is 169 Å². The van der Waals surface area contributed by atoms with E-state index in [1.807, 2.05) is 6.07 Å². The van der Waals surface area contributed by atoms with Gasteiger partial charge in [-0.05, 0) is 17.7 Å². The van der Waals surface area contributed by atoms with Crippen LogP contribution in [0.15, 0.2) is 84.9 Å². The topological polar surface area (TPSA) is 77.5 Å². The summed E-state index contributed by atoms with van der Waals surface area (Å²) in [6, 6.07) is 23.6. The zero-order valence-corrected chi connectivity index (χ0v) is 16.6. The maximum absolute atomic E-state index is 13.0. The minimum absolute atomic E-state index is 0.110.